The van der Waals surface area contributed by atoms with Crippen molar-refractivity contribution < 1.29 is 14.0 Å². The third kappa shape index (κ3) is 4.33. The van der Waals surface area contributed by atoms with Crippen molar-refractivity contribution in [2.45, 2.75) is 19.9 Å². The number of fused-ring (bicyclic) bond motifs is 1. The van der Waals surface area contributed by atoms with E-state index in [0.717, 1.165) is 12.0 Å². The van der Waals surface area contributed by atoms with Crippen LogP contribution in [0.4, 0.5) is 10.1 Å². The van der Waals surface area contributed by atoms with Crippen molar-refractivity contribution in [1.29, 1.82) is 0 Å². The topological polar surface area (TPSA) is 49.4 Å². The van der Waals surface area contributed by atoms with Gasteiger partial charge in [0, 0.05) is 35.3 Å². The first-order valence-electron chi connectivity index (χ1n) is 9.70. The highest BCUT2D eigenvalue weighted by molar-refractivity contribution is 7.10. The summed E-state index contributed by atoms with van der Waals surface area (Å²) in [5, 5.41) is 4.88. The molecule has 1 aromatic heterocycles. The van der Waals surface area contributed by atoms with Crippen molar-refractivity contribution in [2.24, 2.45) is 0 Å². The minimum absolute atomic E-state index is 0.0317. The van der Waals surface area contributed by atoms with Crippen LogP contribution in [0.15, 0.2) is 60.0 Å². The molecular weight excluding hydrogens is 399 g/mol. The summed E-state index contributed by atoms with van der Waals surface area (Å²) in [5.41, 5.74) is 3.71. The number of carbonyl (C=O) groups excluding carboxylic acids is 2. The van der Waals surface area contributed by atoms with Gasteiger partial charge in [-0.05, 0) is 71.8 Å². The van der Waals surface area contributed by atoms with Crippen LogP contribution >= 0.6 is 11.3 Å². The van der Waals surface area contributed by atoms with Gasteiger partial charge in [-0.3, -0.25) is 9.59 Å². The van der Waals surface area contributed by atoms with E-state index in [-0.39, 0.29) is 17.6 Å². The number of rotatable bonds is 4. The molecule has 0 unspecified atom stereocenters. The second-order valence-electron chi connectivity index (χ2n) is 7.20. The predicted molar refractivity (Wildman–Crippen MR) is 118 cm³/mol. The summed E-state index contributed by atoms with van der Waals surface area (Å²) >= 11 is 1.74. The summed E-state index contributed by atoms with van der Waals surface area (Å²) in [5.74, 6) is -0.726. The van der Waals surface area contributed by atoms with Gasteiger partial charge in [0.1, 0.15) is 5.82 Å². The first-order valence-corrected chi connectivity index (χ1v) is 10.6. The Bertz CT molecular complexity index is 1140. The SMILES string of the molecule is Cc1c(NC(=O)/C=C/c2cccc(F)c2)cccc1C(=O)N1CCc2sccc2C1. The van der Waals surface area contributed by atoms with Gasteiger partial charge < -0.3 is 10.2 Å². The Morgan fingerprint density at radius 2 is 2.00 bits per heavy atom. The lowest BCUT2D eigenvalue weighted by Crippen LogP contribution is -2.35. The number of carbonyl (C=O) groups is 2. The van der Waals surface area contributed by atoms with Gasteiger partial charge in [0.15, 0.2) is 0 Å². The Morgan fingerprint density at radius 3 is 2.83 bits per heavy atom. The van der Waals surface area contributed by atoms with E-state index in [9.17, 15) is 14.0 Å². The second kappa shape index (κ2) is 8.63. The Hall–Kier alpha value is -3.25. The van der Waals surface area contributed by atoms with E-state index in [2.05, 4.69) is 16.8 Å². The zero-order chi connectivity index (χ0) is 21.1. The van der Waals surface area contributed by atoms with Gasteiger partial charge in [0.2, 0.25) is 5.91 Å². The zero-order valence-electron chi connectivity index (χ0n) is 16.5. The number of nitrogens with one attached hydrogen (secondary N) is 1. The molecule has 152 valence electrons. The van der Waals surface area contributed by atoms with Crippen molar-refractivity contribution in [3.05, 3.63) is 92.9 Å². The van der Waals surface area contributed by atoms with Crippen molar-refractivity contribution in [3.63, 3.8) is 0 Å². The van der Waals surface area contributed by atoms with Gasteiger partial charge in [-0.2, -0.15) is 0 Å². The average molecular weight is 421 g/mol. The Balaban J connectivity index is 1.47. The van der Waals surface area contributed by atoms with E-state index >= 15 is 0 Å². The summed E-state index contributed by atoms with van der Waals surface area (Å²) in [6, 6.07) is 13.4. The molecule has 0 radical (unpaired) electrons. The molecule has 2 amide bonds. The number of hydrogen-bond acceptors (Lipinski definition) is 3. The van der Waals surface area contributed by atoms with Crippen molar-refractivity contribution in [1.82, 2.24) is 4.90 Å². The normalized spacial score (nSPS) is 13.3. The van der Waals surface area contributed by atoms with Crippen molar-refractivity contribution in [3.8, 4) is 0 Å². The average Bonchev–Trinajstić information content (AvgIpc) is 3.21. The molecule has 0 saturated carbocycles. The van der Waals surface area contributed by atoms with Gasteiger partial charge in [-0.1, -0.05) is 18.2 Å². The molecule has 0 aliphatic carbocycles. The summed E-state index contributed by atoms with van der Waals surface area (Å²) < 4.78 is 13.3. The fraction of sp³-hybridized carbons (Fsp3) is 0.167. The molecule has 0 atom stereocenters. The molecule has 0 saturated heterocycles. The van der Waals surface area contributed by atoms with Crippen molar-refractivity contribution in [2.75, 3.05) is 11.9 Å². The van der Waals surface area contributed by atoms with Crippen molar-refractivity contribution >= 4 is 34.9 Å². The molecule has 0 bridgehead atoms. The summed E-state index contributed by atoms with van der Waals surface area (Å²) in [6.45, 7) is 3.14. The van der Waals surface area contributed by atoms with E-state index in [1.165, 1.54) is 28.6 Å². The zero-order valence-corrected chi connectivity index (χ0v) is 17.3. The Kier molecular flexibility index (Phi) is 5.77. The number of halogens is 1. The number of amides is 2. The van der Waals surface area contributed by atoms with Gasteiger partial charge in [-0.25, -0.2) is 4.39 Å². The van der Waals surface area contributed by atoms with Crippen LogP contribution in [0.3, 0.4) is 0 Å². The van der Waals surface area contributed by atoms with E-state index in [1.54, 1.807) is 47.7 Å². The Labute approximate surface area is 178 Å². The quantitative estimate of drug-likeness (QED) is 0.601. The molecule has 1 aliphatic heterocycles. The van der Waals surface area contributed by atoms with Crippen LogP contribution in [0.2, 0.25) is 0 Å². The smallest absolute Gasteiger partial charge is 0.254 e. The first-order chi connectivity index (χ1) is 14.5. The monoisotopic (exact) mass is 420 g/mol. The van der Waals surface area contributed by atoms with Gasteiger partial charge in [0.05, 0.1) is 0 Å². The van der Waals surface area contributed by atoms with Gasteiger partial charge in [0.25, 0.3) is 5.91 Å². The van der Waals surface area contributed by atoms with Crippen LogP contribution in [0.5, 0.6) is 0 Å². The number of anilines is 1. The minimum atomic E-state index is -0.355. The molecule has 4 nitrogen and oxygen atoms in total. The molecule has 6 heteroatoms. The molecule has 2 heterocycles. The molecule has 1 N–H and O–H groups in total. The van der Waals surface area contributed by atoms with Crippen LogP contribution < -0.4 is 5.32 Å². The maximum atomic E-state index is 13.3. The predicted octanol–water partition coefficient (Wildman–Crippen LogP) is 5.05. The highest BCUT2D eigenvalue weighted by Gasteiger charge is 2.24. The molecule has 4 rings (SSSR count). The summed E-state index contributed by atoms with van der Waals surface area (Å²) in [6.07, 6.45) is 3.78. The fourth-order valence-corrected chi connectivity index (χ4v) is 4.44. The van der Waals surface area contributed by atoms with E-state index < -0.39 is 0 Å². The number of thiophene rings is 1. The lowest BCUT2D eigenvalue weighted by Gasteiger charge is -2.28. The number of hydrogen-bond donors (Lipinski definition) is 1. The molecular formula is C24H21FN2O2S. The third-order valence-corrected chi connectivity index (χ3v) is 6.22. The highest BCUT2D eigenvalue weighted by atomic mass is 32.1. The molecule has 2 aromatic carbocycles. The Morgan fingerprint density at radius 1 is 1.17 bits per heavy atom. The first kappa shape index (κ1) is 20.0. The van der Waals surface area contributed by atoms with Gasteiger partial charge in [-0.15, -0.1) is 11.3 Å². The molecule has 0 fully saturated rings. The lowest BCUT2D eigenvalue weighted by atomic mass is 10.0. The van der Waals surface area contributed by atoms with Crippen LogP contribution in [0, 0.1) is 12.7 Å². The molecule has 1 aliphatic rings. The second-order valence-corrected chi connectivity index (χ2v) is 8.20. The summed E-state index contributed by atoms with van der Waals surface area (Å²) in [7, 11) is 0. The van der Waals surface area contributed by atoms with Crippen LogP contribution in [-0.4, -0.2) is 23.3 Å². The maximum Gasteiger partial charge on any atom is 0.254 e. The largest absolute Gasteiger partial charge is 0.334 e. The molecule has 30 heavy (non-hydrogen) atoms. The van der Waals surface area contributed by atoms with Crippen LogP contribution in [-0.2, 0) is 17.8 Å². The van der Waals surface area contributed by atoms with E-state index in [4.69, 9.17) is 0 Å². The van der Waals surface area contributed by atoms with Crippen LogP contribution in [0.25, 0.3) is 6.08 Å². The molecule has 3 aromatic rings. The highest BCUT2D eigenvalue weighted by Crippen LogP contribution is 2.27. The standard InChI is InChI=1S/C24H21FN2O2S/c1-16-20(24(29)27-12-10-22-18(15-27)11-13-30-22)6-3-7-21(16)26-23(28)9-8-17-4-2-5-19(25)14-17/h2-9,11,13-14H,10,12,15H2,1H3,(H,26,28)/b9-8+. The molecule has 0 spiro atoms. The fourth-order valence-electron chi connectivity index (χ4n) is 3.55. The number of benzene rings is 2. The van der Waals surface area contributed by atoms with E-state index in [1.807, 2.05) is 11.8 Å². The lowest BCUT2D eigenvalue weighted by molar-refractivity contribution is -0.111. The van der Waals surface area contributed by atoms with Crippen LogP contribution in [0.1, 0.15) is 31.9 Å². The maximum absolute atomic E-state index is 13.3. The summed E-state index contributed by atoms with van der Waals surface area (Å²) in [4.78, 5) is 28.6. The third-order valence-electron chi connectivity index (χ3n) is 5.19. The van der Waals surface area contributed by atoms with E-state index in [0.29, 0.717) is 29.9 Å². The van der Waals surface area contributed by atoms with Gasteiger partial charge >= 0.3 is 0 Å². The minimum Gasteiger partial charge on any atom is -0.334 e. The number of nitrogens with zero attached hydrogens (tertiary/aromatic N) is 1.